The van der Waals surface area contributed by atoms with Gasteiger partial charge < -0.3 is 10.2 Å². The number of nitrogens with zero attached hydrogens (tertiary/aromatic N) is 4. The van der Waals surface area contributed by atoms with Crippen molar-refractivity contribution in [2.75, 3.05) is 6.54 Å². The lowest BCUT2D eigenvalue weighted by Gasteiger charge is -2.24. The average Bonchev–Trinajstić information content (AvgIpc) is 3.24. The molecular formula is C17H21N5O2. The summed E-state index contributed by atoms with van der Waals surface area (Å²) < 4.78 is 1.64. The van der Waals surface area contributed by atoms with E-state index in [9.17, 15) is 9.59 Å². The second-order valence-electron chi connectivity index (χ2n) is 5.95. The molecule has 1 fully saturated rings. The van der Waals surface area contributed by atoms with Crippen LogP contribution in [-0.2, 0) is 22.7 Å². The van der Waals surface area contributed by atoms with Crippen LogP contribution in [0.3, 0.4) is 0 Å². The van der Waals surface area contributed by atoms with Gasteiger partial charge in [0.25, 0.3) is 0 Å². The summed E-state index contributed by atoms with van der Waals surface area (Å²) in [4.78, 5) is 29.9. The zero-order valence-electron chi connectivity index (χ0n) is 13.7. The number of rotatable bonds is 5. The maximum absolute atomic E-state index is 12.5. The summed E-state index contributed by atoms with van der Waals surface area (Å²) in [5.74, 6) is -0.00409. The maximum Gasteiger partial charge on any atom is 0.244 e. The summed E-state index contributed by atoms with van der Waals surface area (Å²) >= 11 is 0. The smallest absolute Gasteiger partial charge is 0.244 e. The van der Waals surface area contributed by atoms with E-state index in [0.29, 0.717) is 6.54 Å². The molecule has 126 valence electrons. The Morgan fingerprint density at radius 3 is 2.92 bits per heavy atom. The van der Waals surface area contributed by atoms with Crippen molar-refractivity contribution < 1.29 is 9.59 Å². The number of carbonyl (C=O) groups excluding carboxylic acids is 2. The van der Waals surface area contributed by atoms with Crippen LogP contribution in [0, 0.1) is 0 Å². The third-order valence-corrected chi connectivity index (χ3v) is 4.16. The molecule has 0 spiro atoms. The Morgan fingerprint density at radius 1 is 1.38 bits per heavy atom. The van der Waals surface area contributed by atoms with E-state index in [-0.39, 0.29) is 24.4 Å². The molecule has 24 heavy (non-hydrogen) atoms. The Balaban J connectivity index is 1.66. The summed E-state index contributed by atoms with van der Waals surface area (Å²) in [5, 5.41) is 6.84. The van der Waals surface area contributed by atoms with Gasteiger partial charge in [-0.2, -0.15) is 5.10 Å². The van der Waals surface area contributed by atoms with Gasteiger partial charge >= 0.3 is 0 Å². The third-order valence-electron chi connectivity index (χ3n) is 4.16. The van der Waals surface area contributed by atoms with Crippen LogP contribution in [0.2, 0.25) is 0 Å². The van der Waals surface area contributed by atoms with Crippen LogP contribution >= 0.6 is 0 Å². The first-order valence-electron chi connectivity index (χ1n) is 8.09. The van der Waals surface area contributed by atoms with E-state index >= 15 is 0 Å². The van der Waals surface area contributed by atoms with Crippen molar-refractivity contribution in [3.05, 3.63) is 48.0 Å². The molecule has 0 saturated carbocycles. The molecule has 2 amide bonds. The lowest BCUT2D eigenvalue weighted by molar-refractivity contribution is -0.133. The molecule has 7 nitrogen and oxygen atoms in total. The highest BCUT2D eigenvalue weighted by Crippen LogP contribution is 2.30. The van der Waals surface area contributed by atoms with Gasteiger partial charge in [0.15, 0.2) is 0 Å². The van der Waals surface area contributed by atoms with Gasteiger partial charge in [-0.05, 0) is 30.5 Å². The van der Waals surface area contributed by atoms with Crippen molar-refractivity contribution in [3.8, 4) is 0 Å². The van der Waals surface area contributed by atoms with Gasteiger partial charge in [-0.1, -0.05) is 6.07 Å². The molecule has 7 heteroatoms. The molecule has 0 aromatic carbocycles. The minimum absolute atomic E-state index is 0.0166. The molecule has 2 aromatic rings. The number of pyridine rings is 1. The van der Waals surface area contributed by atoms with E-state index < -0.39 is 0 Å². The molecule has 1 N–H and O–H groups in total. The van der Waals surface area contributed by atoms with Crippen LogP contribution in [0.25, 0.3) is 0 Å². The normalized spacial score (nSPS) is 17.0. The van der Waals surface area contributed by atoms with Gasteiger partial charge in [-0.15, -0.1) is 0 Å². The molecule has 1 saturated heterocycles. The summed E-state index contributed by atoms with van der Waals surface area (Å²) in [7, 11) is 0. The van der Waals surface area contributed by atoms with Gasteiger partial charge in [0.1, 0.15) is 6.54 Å². The van der Waals surface area contributed by atoms with Crippen molar-refractivity contribution >= 4 is 11.8 Å². The number of aromatic nitrogens is 3. The third kappa shape index (κ3) is 3.79. The van der Waals surface area contributed by atoms with Crippen LogP contribution in [0.15, 0.2) is 36.8 Å². The van der Waals surface area contributed by atoms with Gasteiger partial charge in [-0.3, -0.25) is 19.3 Å². The zero-order chi connectivity index (χ0) is 16.9. The zero-order valence-corrected chi connectivity index (χ0v) is 13.7. The average molecular weight is 327 g/mol. The fourth-order valence-electron chi connectivity index (χ4n) is 2.96. The quantitative estimate of drug-likeness (QED) is 0.897. The number of amides is 2. The summed E-state index contributed by atoms with van der Waals surface area (Å²) in [6.07, 6.45) is 7.12. The van der Waals surface area contributed by atoms with Crippen molar-refractivity contribution in [1.29, 1.82) is 0 Å². The Hall–Kier alpha value is -2.70. The van der Waals surface area contributed by atoms with Crippen LogP contribution in [0.1, 0.15) is 37.1 Å². The topological polar surface area (TPSA) is 80.1 Å². The van der Waals surface area contributed by atoms with E-state index in [0.717, 1.165) is 30.6 Å². The number of carbonyl (C=O) groups is 2. The summed E-state index contributed by atoms with van der Waals surface area (Å²) in [6, 6.07) is 5.72. The Kier molecular flexibility index (Phi) is 4.88. The number of likely N-dealkylation sites (tertiary alicyclic amines) is 1. The summed E-state index contributed by atoms with van der Waals surface area (Å²) in [6.45, 7) is 2.96. The van der Waals surface area contributed by atoms with Crippen molar-refractivity contribution in [2.45, 2.75) is 38.9 Å². The summed E-state index contributed by atoms with van der Waals surface area (Å²) in [5.41, 5.74) is 1.84. The first kappa shape index (κ1) is 16.2. The fourth-order valence-corrected chi connectivity index (χ4v) is 2.96. The second kappa shape index (κ2) is 7.25. The fraction of sp³-hybridized carbons (Fsp3) is 0.412. The lowest BCUT2D eigenvalue weighted by Crippen LogP contribution is -2.33. The van der Waals surface area contributed by atoms with E-state index in [1.807, 2.05) is 23.1 Å². The molecule has 0 bridgehead atoms. The highest BCUT2D eigenvalue weighted by Gasteiger charge is 2.30. The van der Waals surface area contributed by atoms with Crippen LogP contribution in [0.4, 0.5) is 0 Å². The first-order chi connectivity index (χ1) is 11.6. The highest BCUT2D eigenvalue weighted by molar-refractivity contribution is 5.76. The van der Waals surface area contributed by atoms with Crippen molar-refractivity contribution in [1.82, 2.24) is 25.0 Å². The Labute approximate surface area is 140 Å². The van der Waals surface area contributed by atoms with E-state index in [1.54, 1.807) is 23.3 Å². The Morgan fingerprint density at radius 2 is 2.25 bits per heavy atom. The predicted octanol–water partition coefficient (Wildman–Crippen LogP) is 1.28. The monoisotopic (exact) mass is 327 g/mol. The van der Waals surface area contributed by atoms with E-state index in [2.05, 4.69) is 15.4 Å². The Bertz CT molecular complexity index is 696. The molecule has 0 unspecified atom stereocenters. The minimum Gasteiger partial charge on any atom is -0.352 e. The SMILES string of the molecule is CC(=O)NCc1ccc([C@@H]2CCCN2C(=O)Cn2cccn2)nc1. The van der Waals surface area contributed by atoms with E-state index in [1.165, 1.54) is 6.92 Å². The molecule has 1 aliphatic heterocycles. The number of hydrogen-bond donors (Lipinski definition) is 1. The second-order valence-corrected chi connectivity index (χ2v) is 5.95. The van der Waals surface area contributed by atoms with Gasteiger partial charge in [0.2, 0.25) is 11.8 Å². The van der Waals surface area contributed by atoms with Gasteiger partial charge in [0.05, 0.1) is 11.7 Å². The molecule has 0 aliphatic carbocycles. The van der Waals surface area contributed by atoms with Crippen LogP contribution < -0.4 is 5.32 Å². The number of hydrogen-bond acceptors (Lipinski definition) is 4. The van der Waals surface area contributed by atoms with Crippen molar-refractivity contribution in [3.63, 3.8) is 0 Å². The van der Waals surface area contributed by atoms with Crippen molar-refractivity contribution in [2.24, 2.45) is 0 Å². The molecule has 2 aromatic heterocycles. The van der Waals surface area contributed by atoms with Gasteiger partial charge in [-0.25, -0.2) is 0 Å². The van der Waals surface area contributed by atoms with E-state index in [4.69, 9.17) is 0 Å². The lowest BCUT2D eigenvalue weighted by atomic mass is 10.1. The number of nitrogens with one attached hydrogen (secondary N) is 1. The molecule has 0 radical (unpaired) electrons. The minimum atomic E-state index is -0.0646. The first-order valence-corrected chi connectivity index (χ1v) is 8.09. The van der Waals surface area contributed by atoms with Crippen LogP contribution in [-0.4, -0.2) is 38.0 Å². The standard InChI is InChI=1S/C17H21N5O2/c1-13(23)18-10-14-5-6-15(19-11-14)16-4-2-9-22(16)17(24)12-21-8-3-7-20-21/h3,5-8,11,16H,2,4,9-10,12H2,1H3,(H,18,23)/t16-/m0/s1. The molecule has 1 aliphatic rings. The highest BCUT2D eigenvalue weighted by atomic mass is 16.2. The molecule has 3 heterocycles. The predicted molar refractivity (Wildman–Crippen MR) is 87.7 cm³/mol. The van der Waals surface area contributed by atoms with Crippen LogP contribution in [0.5, 0.6) is 0 Å². The molecule has 1 atom stereocenters. The largest absolute Gasteiger partial charge is 0.352 e. The maximum atomic E-state index is 12.5. The molecular weight excluding hydrogens is 306 g/mol. The molecule has 3 rings (SSSR count). The van der Waals surface area contributed by atoms with Gasteiger partial charge in [0, 0.05) is 38.6 Å².